The lowest BCUT2D eigenvalue weighted by atomic mass is 10.1. The van der Waals surface area contributed by atoms with Crippen molar-refractivity contribution in [1.29, 1.82) is 0 Å². The van der Waals surface area contributed by atoms with Gasteiger partial charge >= 0.3 is 0 Å². The summed E-state index contributed by atoms with van der Waals surface area (Å²) in [6, 6.07) is 0. The third kappa shape index (κ3) is 9.74. The number of unbranched alkanes of at least 4 members (excludes halogenated alkanes) is 2. The summed E-state index contributed by atoms with van der Waals surface area (Å²) in [7, 11) is 0. The van der Waals surface area contributed by atoms with E-state index >= 15 is 0 Å². The Balaban J connectivity index is 3.04. The molecular weight excluding hydrogens is 182 g/mol. The van der Waals surface area contributed by atoms with Crippen LogP contribution in [0.5, 0.6) is 0 Å². The fraction of sp³-hybridized carbons (Fsp3) is 0.900. The van der Waals surface area contributed by atoms with E-state index in [-0.39, 0.29) is 5.91 Å². The number of carbonyl (C=O) groups is 1. The second-order valence-corrected chi connectivity index (χ2v) is 4.28. The highest BCUT2D eigenvalue weighted by Gasteiger charge is 1.96. The van der Waals surface area contributed by atoms with Crippen LogP contribution in [-0.2, 0) is 4.79 Å². The predicted molar refractivity (Wildman–Crippen MR) is 60.2 cm³/mol. The van der Waals surface area contributed by atoms with Crippen LogP contribution < -0.4 is 5.32 Å². The fourth-order valence-corrected chi connectivity index (χ4v) is 1.28. The van der Waals surface area contributed by atoms with Crippen LogP contribution in [0.3, 0.4) is 0 Å². The van der Waals surface area contributed by atoms with Gasteiger partial charge < -0.3 is 5.32 Å². The van der Waals surface area contributed by atoms with Crippen LogP contribution in [0, 0.1) is 0 Å². The van der Waals surface area contributed by atoms with Gasteiger partial charge in [0.2, 0.25) is 5.91 Å². The van der Waals surface area contributed by atoms with Gasteiger partial charge in [-0.2, -0.15) is 12.6 Å². The molecule has 0 rings (SSSR count). The third-order valence-electron chi connectivity index (χ3n) is 1.94. The molecule has 2 nitrogen and oxygen atoms in total. The lowest BCUT2D eigenvalue weighted by Gasteiger charge is -2.04. The molecule has 0 aromatic carbocycles. The molecule has 0 saturated carbocycles. The van der Waals surface area contributed by atoms with E-state index in [1.165, 1.54) is 19.3 Å². The average molecular weight is 203 g/mol. The summed E-state index contributed by atoms with van der Waals surface area (Å²) < 4.78 is 0. The smallest absolute Gasteiger partial charge is 0.219 e. The average Bonchev–Trinajstić information content (AvgIpc) is 2.10. The van der Waals surface area contributed by atoms with Crippen LogP contribution in [0.1, 0.15) is 46.0 Å². The first-order chi connectivity index (χ1) is 6.16. The van der Waals surface area contributed by atoms with Gasteiger partial charge in [-0.05, 0) is 18.1 Å². The highest BCUT2D eigenvalue weighted by atomic mass is 32.1. The minimum absolute atomic E-state index is 0.155. The van der Waals surface area contributed by atoms with Crippen LogP contribution in [0.15, 0.2) is 0 Å². The number of nitrogens with one attached hydrogen (secondary N) is 1. The van der Waals surface area contributed by atoms with Crippen molar-refractivity contribution in [3.63, 3.8) is 0 Å². The monoisotopic (exact) mass is 203 g/mol. The zero-order chi connectivity index (χ0) is 10.1. The molecule has 13 heavy (non-hydrogen) atoms. The van der Waals surface area contributed by atoms with E-state index in [1.54, 1.807) is 0 Å². The molecule has 0 radical (unpaired) electrons. The topological polar surface area (TPSA) is 29.1 Å². The number of rotatable bonds is 7. The van der Waals surface area contributed by atoms with Gasteiger partial charge in [-0.3, -0.25) is 4.79 Å². The molecule has 1 unspecified atom stereocenters. The lowest BCUT2D eigenvalue weighted by Crippen LogP contribution is -2.23. The summed E-state index contributed by atoms with van der Waals surface area (Å²) in [5.74, 6) is 0.155. The summed E-state index contributed by atoms with van der Waals surface area (Å²) in [4.78, 5) is 10.8. The maximum atomic E-state index is 10.8. The molecule has 1 amide bonds. The minimum Gasteiger partial charge on any atom is -0.356 e. The zero-order valence-electron chi connectivity index (χ0n) is 8.68. The zero-order valence-corrected chi connectivity index (χ0v) is 9.57. The molecule has 0 spiro atoms. The highest BCUT2D eigenvalue weighted by molar-refractivity contribution is 7.80. The standard InChI is InChI=1S/C10H21NOS/c1-3-10(12)11-8-6-4-5-7-9(2)13/h9,13H,3-8H2,1-2H3,(H,11,12). The van der Waals surface area contributed by atoms with E-state index in [0.29, 0.717) is 11.7 Å². The Morgan fingerprint density at radius 2 is 2.08 bits per heavy atom. The summed E-state index contributed by atoms with van der Waals surface area (Å²) in [6.45, 7) is 4.81. The Bertz CT molecular complexity index is 137. The molecule has 0 saturated heterocycles. The van der Waals surface area contributed by atoms with E-state index in [9.17, 15) is 4.79 Å². The molecule has 78 valence electrons. The first kappa shape index (κ1) is 12.8. The van der Waals surface area contributed by atoms with Gasteiger partial charge in [-0.1, -0.05) is 26.7 Å². The maximum Gasteiger partial charge on any atom is 0.219 e. The molecule has 1 N–H and O–H groups in total. The van der Waals surface area contributed by atoms with Crippen LogP contribution in [0.25, 0.3) is 0 Å². The second kappa shape index (κ2) is 8.42. The van der Waals surface area contributed by atoms with Crippen molar-refractivity contribution in [2.45, 2.75) is 51.2 Å². The van der Waals surface area contributed by atoms with Crippen molar-refractivity contribution in [2.75, 3.05) is 6.54 Å². The van der Waals surface area contributed by atoms with Crippen molar-refractivity contribution < 1.29 is 4.79 Å². The SMILES string of the molecule is CCC(=O)NCCCCCC(C)S. The van der Waals surface area contributed by atoms with E-state index in [1.807, 2.05) is 6.92 Å². The molecule has 0 heterocycles. The quantitative estimate of drug-likeness (QED) is 0.483. The Labute approximate surface area is 86.9 Å². The Kier molecular flexibility index (Phi) is 8.30. The lowest BCUT2D eigenvalue weighted by molar-refractivity contribution is -0.120. The van der Waals surface area contributed by atoms with E-state index in [0.717, 1.165) is 13.0 Å². The molecule has 0 fully saturated rings. The number of carbonyl (C=O) groups excluding carboxylic acids is 1. The molecule has 0 aromatic heterocycles. The van der Waals surface area contributed by atoms with Crippen LogP contribution in [-0.4, -0.2) is 17.7 Å². The number of hydrogen-bond donors (Lipinski definition) is 2. The third-order valence-corrected chi connectivity index (χ3v) is 2.20. The minimum atomic E-state index is 0.155. The van der Waals surface area contributed by atoms with Gasteiger partial charge in [-0.25, -0.2) is 0 Å². The van der Waals surface area contributed by atoms with E-state index in [2.05, 4.69) is 24.9 Å². The van der Waals surface area contributed by atoms with Gasteiger partial charge in [0.25, 0.3) is 0 Å². The van der Waals surface area contributed by atoms with Crippen LogP contribution in [0.2, 0.25) is 0 Å². The van der Waals surface area contributed by atoms with Crippen LogP contribution in [0.4, 0.5) is 0 Å². The van der Waals surface area contributed by atoms with Gasteiger partial charge in [0, 0.05) is 13.0 Å². The summed E-state index contributed by atoms with van der Waals surface area (Å²) in [5.41, 5.74) is 0. The number of thiol groups is 1. The molecule has 1 atom stereocenters. The van der Waals surface area contributed by atoms with Gasteiger partial charge in [0.05, 0.1) is 0 Å². The molecule has 0 aliphatic rings. The summed E-state index contributed by atoms with van der Waals surface area (Å²) >= 11 is 4.30. The predicted octanol–water partition coefficient (Wildman–Crippen LogP) is 2.39. The van der Waals surface area contributed by atoms with E-state index < -0.39 is 0 Å². The van der Waals surface area contributed by atoms with Gasteiger partial charge in [0.1, 0.15) is 0 Å². The van der Waals surface area contributed by atoms with Crippen molar-refractivity contribution in [3.8, 4) is 0 Å². The molecule has 0 aromatic rings. The number of amides is 1. The highest BCUT2D eigenvalue weighted by Crippen LogP contribution is 2.06. The van der Waals surface area contributed by atoms with Crippen LogP contribution >= 0.6 is 12.6 Å². The molecule has 0 aliphatic carbocycles. The van der Waals surface area contributed by atoms with Crippen molar-refractivity contribution in [1.82, 2.24) is 5.32 Å². The first-order valence-corrected chi connectivity index (χ1v) is 5.63. The van der Waals surface area contributed by atoms with Gasteiger partial charge in [-0.15, -0.1) is 0 Å². The molecular formula is C10H21NOS. The number of hydrogen-bond acceptors (Lipinski definition) is 2. The Morgan fingerprint density at radius 3 is 2.62 bits per heavy atom. The van der Waals surface area contributed by atoms with Crippen molar-refractivity contribution >= 4 is 18.5 Å². The van der Waals surface area contributed by atoms with Crippen molar-refractivity contribution in [3.05, 3.63) is 0 Å². The molecule has 0 bridgehead atoms. The van der Waals surface area contributed by atoms with E-state index in [4.69, 9.17) is 0 Å². The Morgan fingerprint density at radius 1 is 1.38 bits per heavy atom. The largest absolute Gasteiger partial charge is 0.356 e. The Hall–Kier alpha value is -0.180. The molecule has 3 heteroatoms. The van der Waals surface area contributed by atoms with Gasteiger partial charge in [0.15, 0.2) is 0 Å². The summed E-state index contributed by atoms with van der Waals surface area (Å²) in [5, 5.41) is 3.37. The van der Waals surface area contributed by atoms with Crippen molar-refractivity contribution in [2.24, 2.45) is 0 Å². The first-order valence-electron chi connectivity index (χ1n) is 5.11. The second-order valence-electron chi connectivity index (χ2n) is 3.40. The fourth-order valence-electron chi connectivity index (χ4n) is 1.09. The maximum absolute atomic E-state index is 10.8. The normalized spacial score (nSPS) is 12.5. The summed E-state index contributed by atoms with van der Waals surface area (Å²) in [6.07, 6.45) is 5.26. The molecule has 0 aliphatic heterocycles.